The number of hydrogen-bond acceptors (Lipinski definition) is 2. The van der Waals surface area contributed by atoms with Crippen molar-refractivity contribution in [3.05, 3.63) is 71.0 Å². The molecule has 1 saturated heterocycles. The highest BCUT2D eigenvalue weighted by Gasteiger charge is 2.37. The summed E-state index contributed by atoms with van der Waals surface area (Å²) in [5.74, 6) is 1.06. The van der Waals surface area contributed by atoms with Gasteiger partial charge in [0.15, 0.2) is 0 Å². The number of hydrogen-bond donors (Lipinski definition) is 0. The van der Waals surface area contributed by atoms with Crippen LogP contribution in [-0.4, -0.2) is 47.9 Å². The fourth-order valence-corrected chi connectivity index (χ4v) is 4.71. The Morgan fingerprint density at radius 1 is 1.07 bits per heavy atom. The average molecular weight is 411 g/mol. The molecule has 2 atom stereocenters. The van der Waals surface area contributed by atoms with Gasteiger partial charge in [0.05, 0.1) is 0 Å². The van der Waals surface area contributed by atoms with Gasteiger partial charge in [-0.15, -0.1) is 0 Å². The van der Waals surface area contributed by atoms with E-state index in [1.54, 1.807) is 12.1 Å². The molecule has 4 heteroatoms. The SMILES string of the molecule is Cc1ccccc1[C@H]1CN(CC(C)C)C[C@@H]1CN(C(=O)c1ccc(F)cc1)C(C)C. The van der Waals surface area contributed by atoms with Gasteiger partial charge in [-0.05, 0) is 68.0 Å². The summed E-state index contributed by atoms with van der Waals surface area (Å²) >= 11 is 0. The van der Waals surface area contributed by atoms with Crippen LogP contribution in [0.5, 0.6) is 0 Å². The van der Waals surface area contributed by atoms with Gasteiger partial charge < -0.3 is 9.80 Å². The third kappa shape index (κ3) is 5.28. The molecule has 1 fully saturated rings. The van der Waals surface area contributed by atoms with Gasteiger partial charge in [0.2, 0.25) is 0 Å². The number of halogens is 1. The fraction of sp³-hybridized carbons (Fsp3) is 0.500. The van der Waals surface area contributed by atoms with Gasteiger partial charge in [-0.25, -0.2) is 4.39 Å². The number of amides is 1. The molecule has 1 amide bonds. The largest absolute Gasteiger partial charge is 0.336 e. The molecule has 3 rings (SSSR count). The van der Waals surface area contributed by atoms with Crippen molar-refractivity contribution in [1.82, 2.24) is 9.80 Å². The van der Waals surface area contributed by atoms with E-state index in [2.05, 4.69) is 63.8 Å². The molecule has 162 valence electrons. The highest BCUT2D eigenvalue weighted by Crippen LogP contribution is 2.35. The first-order valence-corrected chi connectivity index (χ1v) is 11.1. The second-order valence-electron chi connectivity index (χ2n) is 9.39. The molecule has 0 bridgehead atoms. The summed E-state index contributed by atoms with van der Waals surface area (Å²) in [5.41, 5.74) is 3.26. The number of likely N-dealkylation sites (tertiary alicyclic amines) is 1. The van der Waals surface area contributed by atoms with E-state index in [-0.39, 0.29) is 17.8 Å². The van der Waals surface area contributed by atoms with E-state index in [1.807, 2.05) is 4.90 Å². The second-order valence-corrected chi connectivity index (χ2v) is 9.39. The zero-order valence-corrected chi connectivity index (χ0v) is 18.9. The number of rotatable bonds is 7. The lowest BCUT2D eigenvalue weighted by molar-refractivity contribution is 0.0668. The molecule has 1 aliphatic rings. The zero-order valence-electron chi connectivity index (χ0n) is 18.9. The van der Waals surface area contributed by atoms with Crippen molar-refractivity contribution < 1.29 is 9.18 Å². The predicted octanol–water partition coefficient (Wildman–Crippen LogP) is 5.36. The Kier molecular flexibility index (Phi) is 7.30. The third-order valence-corrected chi connectivity index (χ3v) is 6.13. The maximum absolute atomic E-state index is 13.3. The van der Waals surface area contributed by atoms with Crippen LogP contribution in [0.15, 0.2) is 48.5 Å². The molecular weight excluding hydrogens is 375 g/mol. The van der Waals surface area contributed by atoms with E-state index in [9.17, 15) is 9.18 Å². The molecule has 0 N–H and O–H groups in total. The van der Waals surface area contributed by atoms with Crippen molar-refractivity contribution in [2.24, 2.45) is 11.8 Å². The Bertz CT molecular complexity index is 846. The molecule has 2 aromatic carbocycles. The van der Waals surface area contributed by atoms with Crippen molar-refractivity contribution in [3.63, 3.8) is 0 Å². The van der Waals surface area contributed by atoms with E-state index < -0.39 is 0 Å². The van der Waals surface area contributed by atoms with E-state index in [1.165, 1.54) is 23.3 Å². The maximum atomic E-state index is 13.3. The first kappa shape index (κ1) is 22.5. The second kappa shape index (κ2) is 9.74. The van der Waals surface area contributed by atoms with Gasteiger partial charge in [-0.1, -0.05) is 38.1 Å². The van der Waals surface area contributed by atoms with Crippen molar-refractivity contribution >= 4 is 5.91 Å². The van der Waals surface area contributed by atoms with Crippen molar-refractivity contribution in [2.45, 2.75) is 46.6 Å². The normalized spacial score (nSPS) is 19.6. The molecule has 1 aliphatic heterocycles. The molecule has 2 aromatic rings. The van der Waals surface area contributed by atoms with Crippen molar-refractivity contribution in [3.8, 4) is 0 Å². The molecule has 0 radical (unpaired) electrons. The zero-order chi connectivity index (χ0) is 21.8. The summed E-state index contributed by atoms with van der Waals surface area (Å²) in [6.07, 6.45) is 0. The molecule has 0 saturated carbocycles. The summed E-state index contributed by atoms with van der Waals surface area (Å²) in [4.78, 5) is 17.8. The number of carbonyl (C=O) groups excluding carboxylic acids is 1. The van der Waals surface area contributed by atoms with Gasteiger partial charge in [0.1, 0.15) is 5.82 Å². The van der Waals surface area contributed by atoms with E-state index >= 15 is 0 Å². The van der Waals surface area contributed by atoms with Crippen LogP contribution in [0.25, 0.3) is 0 Å². The Morgan fingerprint density at radius 3 is 2.33 bits per heavy atom. The Morgan fingerprint density at radius 2 is 1.73 bits per heavy atom. The number of aryl methyl sites for hydroxylation is 1. The topological polar surface area (TPSA) is 23.6 Å². The summed E-state index contributed by atoms with van der Waals surface area (Å²) < 4.78 is 13.3. The van der Waals surface area contributed by atoms with Gasteiger partial charge in [-0.3, -0.25) is 4.79 Å². The Balaban J connectivity index is 1.85. The lowest BCUT2D eigenvalue weighted by atomic mass is 9.86. The summed E-state index contributed by atoms with van der Waals surface area (Å²) in [7, 11) is 0. The first-order valence-electron chi connectivity index (χ1n) is 11.1. The first-order chi connectivity index (χ1) is 14.3. The molecular formula is C26H35FN2O. The lowest BCUT2D eigenvalue weighted by Gasteiger charge is -2.32. The number of nitrogens with zero attached hydrogens (tertiary/aromatic N) is 2. The molecule has 3 nitrogen and oxygen atoms in total. The number of carbonyl (C=O) groups is 1. The van der Waals surface area contributed by atoms with Crippen LogP contribution in [0.3, 0.4) is 0 Å². The highest BCUT2D eigenvalue weighted by atomic mass is 19.1. The molecule has 30 heavy (non-hydrogen) atoms. The van der Waals surface area contributed by atoms with E-state index in [0.717, 1.165) is 19.6 Å². The quantitative estimate of drug-likeness (QED) is 0.614. The molecule has 1 heterocycles. The highest BCUT2D eigenvalue weighted by molar-refractivity contribution is 5.94. The average Bonchev–Trinajstić information content (AvgIpc) is 3.07. The molecule has 0 spiro atoms. The monoisotopic (exact) mass is 410 g/mol. The van der Waals surface area contributed by atoms with Gasteiger partial charge in [0.25, 0.3) is 5.91 Å². The van der Waals surface area contributed by atoms with Crippen LogP contribution in [0.4, 0.5) is 4.39 Å². The Labute approximate surface area is 180 Å². The maximum Gasteiger partial charge on any atom is 0.254 e. The van der Waals surface area contributed by atoms with Crippen LogP contribution < -0.4 is 0 Å². The fourth-order valence-electron chi connectivity index (χ4n) is 4.71. The summed E-state index contributed by atoms with van der Waals surface area (Å²) in [5, 5.41) is 0. The van der Waals surface area contributed by atoms with Crippen molar-refractivity contribution in [2.75, 3.05) is 26.2 Å². The van der Waals surface area contributed by atoms with E-state index in [0.29, 0.717) is 29.9 Å². The van der Waals surface area contributed by atoms with Crippen LogP contribution in [0.1, 0.15) is 55.1 Å². The summed E-state index contributed by atoms with van der Waals surface area (Å²) in [6, 6.07) is 14.6. The van der Waals surface area contributed by atoms with Crippen LogP contribution in [0.2, 0.25) is 0 Å². The van der Waals surface area contributed by atoms with E-state index in [4.69, 9.17) is 0 Å². The minimum absolute atomic E-state index is 0.0177. The predicted molar refractivity (Wildman–Crippen MR) is 121 cm³/mol. The van der Waals surface area contributed by atoms with Crippen LogP contribution in [-0.2, 0) is 0 Å². The summed E-state index contributed by atoms with van der Waals surface area (Å²) in [6.45, 7) is 14.6. The standard InChI is InChI=1S/C26H35FN2O/c1-18(2)14-28-15-22(25(17-28)24-9-7-6-8-20(24)5)16-29(19(3)4)26(30)21-10-12-23(27)13-11-21/h6-13,18-19,22,25H,14-17H2,1-5H3/t22-,25+/m1/s1. The smallest absolute Gasteiger partial charge is 0.254 e. The minimum atomic E-state index is -0.317. The molecule has 0 aromatic heterocycles. The minimum Gasteiger partial charge on any atom is -0.336 e. The van der Waals surface area contributed by atoms with Gasteiger partial charge in [0, 0.05) is 43.7 Å². The third-order valence-electron chi connectivity index (χ3n) is 6.13. The lowest BCUT2D eigenvalue weighted by Crippen LogP contribution is -2.42. The number of benzene rings is 2. The van der Waals surface area contributed by atoms with Gasteiger partial charge in [-0.2, -0.15) is 0 Å². The van der Waals surface area contributed by atoms with Gasteiger partial charge >= 0.3 is 0 Å². The molecule has 0 unspecified atom stereocenters. The van der Waals surface area contributed by atoms with Crippen molar-refractivity contribution in [1.29, 1.82) is 0 Å². The molecule has 0 aliphatic carbocycles. The van der Waals surface area contributed by atoms with Crippen LogP contribution >= 0.6 is 0 Å². The Hall–Kier alpha value is -2.20. The van der Waals surface area contributed by atoms with Crippen LogP contribution in [0, 0.1) is 24.6 Å².